The van der Waals surface area contributed by atoms with E-state index in [0.29, 0.717) is 17.9 Å². The first-order valence-electron chi connectivity index (χ1n) is 9.51. The van der Waals surface area contributed by atoms with E-state index in [9.17, 15) is 13.6 Å². The summed E-state index contributed by atoms with van der Waals surface area (Å²) < 4.78 is 27.6. The SMILES string of the molecule is CC1=C(c2cnc(CC(=O)c3c(F)cccc3F)cn2)CN(c2cnccn2)CC1. The molecule has 0 fully saturated rings. The molecule has 0 atom stereocenters. The summed E-state index contributed by atoms with van der Waals surface area (Å²) >= 11 is 0. The Morgan fingerprint density at radius 1 is 1.07 bits per heavy atom. The van der Waals surface area contributed by atoms with Crippen LogP contribution in [0.3, 0.4) is 0 Å². The van der Waals surface area contributed by atoms with Crippen LogP contribution < -0.4 is 4.90 Å². The molecule has 0 saturated carbocycles. The normalized spacial score (nSPS) is 14.2. The molecule has 0 saturated heterocycles. The van der Waals surface area contributed by atoms with Gasteiger partial charge in [0.1, 0.15) is 17.5 Å². The van der Waals surface area contributed by atoms with E-state index >= 15 is 0 Å². The first kappa shape index (κ1) is 19.8. The first-order chi connectivity index (χ1) is 14.5. The molecule has 152 valence electrons. The van der Waals surface area contributed by atoms with E-state index in [0.717, 1.165) is 36.5 Å². The van der Waals surface area contributed by atoms with Crippen LogP contribution in [0.15, 0.2) is 54.8 Å². The largest absolute Gasteiger partial charge is 0.351 e. The van der Waals surface area contributed by atoms with Crippen LogP contribution in [0.1, 0.15) is 35.1 Å². The van der Waals surface area contributed by atoms with Crippen molar-refractivity contribution in [1.82, 2.24) is 19.9 Å². The number of aromatic nitrogens is 4. The Morgan fingerprint density at radius 3 is 2.53 bits per heavy atom. The highest BCUT2D eigenvalue weighted by Gasteiger charge is 2.21. The minimum Gasteiger partial charge on any atom is -0.351 e. The van der Waals surface area contributed by atoms with Gasteiger partial charge in [-0.2, -0.15) is 0 Å². The Balaban J connectivity index is 1.51. The number of rotatable bonds is 5. The summed E-state index contributed by atoms with van der Waals surface area (Å²) in [5.41, 5.74) is 2.76. The molecule has 3 heterocycles. The fraction of sp³-hybridized carbons (Fsp3) is 0.227. The van der Waals surface area contributed by atoms with Crippen molar-refractivity contribution >= 4 is 17.2 Å². The van der Waals surface area contributed by atoms with Gasteiger partial charge in [-0.05, 0) is 31.1 Å². The van der Waals surface area contributed by atoms with Crippen molar-refractivity contribution in [3.8, 4) is 0 Å². The number of halogens is 2. The van der Waals surface area contributed by atoms with Crippen LogP contribution in [0, 0.1) is 11.6 Å². The molecule has 1 aliphatic heterocycles. The molecule has 30 heavy (non-hydrogen) atoms. The van der Waals surface area contributed by atoms with Crippen LogP contribution in [-0.4, -0.2) is 38.8 Å². The maximum absolute atomic E-state index is 13.8. The van der Waals surface area contributed by atoms with Crippen molar-refractivity contribution in [3.05, 3.63) is 83.3 Å². The Bertz CT molecular complexity index is 1080. The van der Waals surface area contributed by atoms with Crippen LogP contribution in [0.25, 0.3) is 5.57 Å². The molecule has 6 nitrogen and oxygen atoms in total. The molecule has 3 aromatic rings. The van der Waals surface area contributed by atoms with E-state index in [2.05, 4.69) is 31.8 Å². The van der Waals surface area contributed by atoms with E-state index in [1.807, 2.05) is 0 Å². The minimum absolute atomic E-state index is 0.227. The van der Waals surface area contributed by atoms with Crippen molar-refractivity contribution in [2.75, 3.05) is 18.0 Å². The number of hydrogen-bond donors (Lipinski definition) is 0. The summed E-state index contributed by atoms with van der Waals surface area (Å²) in [7, 11) is 0. The van der Waals surface area contributed by atoms with E-state index in [-0.39, 0.29) is 6.42 Å². The second kappa shape index (κ2) is 8.44. The van der Waals surface area contributed by atoms with Gasteiger partial charge in [-0.15, -0.1) is 0 Å². The molecule has 1 aromatic carbocycles. The second-order valence-electron chi connectivity index (χ2n) is 7.08. The number of anilines is 1. The number of Topliss-reactive ketones (excluding diaryl/α,β-unsaturated/α-hetero) is 1. The standard InChI is InChI=1S/C22H19F2N5O/c1-14-5-8-29(21-12-25-6-7-26-21)13-16(14)19-11-27-15(10-28-19)9-20(30)22-17(23)3-2-4-18(22)24/h2-4,6-7,10-12H,5,8-9,13H2,1H3. The fourth-order valence-electron chi connectivity index (χ4n) is 3.43. The van der Waals surface area contributed by atoms with Gasteiger partial charge in [0.25, 0.3) is 0 Å². The van der Waals surface area contributed by atoms with Gasteiger partial charge in [0.2, 0.25) is 0 Å². The topological polar surface area (TPSA) is 71.9 Å². The molecule has 0 bridgehead atoms. The lowest BCUT2D eigenvalue weighted by Crippen LogP contribution is -2.31. The number of carbonyl (C=O) groups excluding carboxylic acids is 1. The third kappa shape index (κ3) is 4.07. The molecule has 0 amide bonds. The van der Waals surface area contributed by atoms with Crippen molar-refractivity contribution in [2.24, 2.45) is 0 Å². The first-order valence-corrected chi connectivity index (χ1v) is 9.51. The summed E-state index contributed by atoms with van der Waals surface area (Å²) in [4.78, 5) is 31.7. The van der Waals surface area contributed by atoms with Crippen LogP contribution in [0.5, 0.6) is 0 Å². The van der Waals surface area contributed by atoms with Gasteiger partial charge in [0.05, 0.1) is 35.8 Å². The summed E-state index contributed by atoms with van der Waals surface area (Å²) in [6.07, 6.45) is 8.72. The van der Waals surface area contributed by atoms with E-state index < -0.39 is 23.0 Å². The highest BCUT2D eigenvalue weighted by atomic mass is 19.1. The van der Waals surface area contributed by atoms with E-state index in [1.54, 1.807) is 24.8 Å². The van der Waals surface area contributed by atoms with Gasteiger partial charge in [-0.1, -0.05) is 11.6 Å². The third-order valence-electron chi connectivity index (χ3n) is 5.09. The summed E-state index contributed by atoms with van der Waals surface area (Å²) in [5, 5.41) is 0. The Kier molecular flexibility index (Phi) is 5.56. The van der Waals surface area contributed by atoms with Crippen molar-refractivity contribution in [1.29, 1.82) is 0 Å². The lowest BCUT2D eigenvalue weighted by atomic mass is 9.99. The van der Waals surface area contributed by atoms with E-state index in [4.69, 9.17) is 0 Å². The number of benzene rings is 1. The molecular weight excluding hydrogens is 388 g/mol. The highest BCUT2D eigenvalue weighted by Crippen LogP contribution is 2.27. The zero-order valence-electron chi connectivity index (χ0n) is 16.3. The minimum atomic E-state index is -0.878. The maximum atomic E-state index is 13.8. The molecule has 4 rings (SSSR count). The van der Waals surface area contributed by atoms with Gasteiger partial charge in [0.15, 0.2) is 5.78 Å². The molecule has 0 radical (unpaired) electrons. The zero-order valence-corrected chi connectivity index (χ0v) is 16.3. The van der Waals surface area contributed by atoms with Gasteiger partial charge in [-0.25, -0.2) is 13.8 Å². The Labute approximate surface area is 172 Å². The van der Waals surface area contributed by atoms with Gasteiger partial charge in [-0.3, -0.25) is 19.7 Å². The van der Waals surface area contributed by atoms with Gasteiger partial charge >= 0.3 is 0 Å². The average Bonchev–Trinajstić information content (AvgIpc) is 2.75. The lowest BCUT2D eigenvalue weighted by molar-refractivity contribution is 0.0983. The lowest BCUT2D eigenvalue weighted by Gasteiger charge is -2.30. The summed E-state index contributed by atoms with van der Waals surface area (Å²) in [6, 6.07) is 3.35. The van der Waals surface area contributed by atoms with Crippen molar-refractivity contribution < 1.29 is 13.6 Å². The Hall–Kier alpha value is -3.55. The van der Waals surface area contributed by atoms with Gasteiger partial charge in [0, 0.05) is 31.7 Å². The van der Waals surface area contributed by atoms with Gasteiger partial charge < -0.3 is 4.90 Å². The predicted molar refractivity (Wildman–Crippen MR) is 108 cm³/mol. The highest BCUT2D eigenvalue weighted by molar-refractivity contribution is 5.97. The average molecular weight is 407 g/mol. The molecular formula is C22H19F2N5O. The summed E-state index contributed by atoms with van der Waals surface area (Å²) in [6.45, 7) is 3.52. The number of carbonyl (C=O) groups is 1. The molecule has 0 aliphatic carbocycles. The van der Waals surface area contributed by atoms with Crippen molar-refractivity contribution in [2.45, 2.75) is 19.8 Å². The fourth-order valence-corrected chi connectivity index (χ4v) is 3.43. The third-order valence-corrected chi connectivity index (χ3v) is 5.09. The molecule has 0 N–H and O–H groups in total. The summed E-state index contributed by atoms with van der Waals surface area (Å²) in [5.74, 6) is -1.63. The molecule has 0 unspecified atom stereocenters. The number of ketones is 1. The quantitative estimate of drug-likeness (QED) is 0.601. The predicted octanol–water partition coefficient (Wildman–Crippen LogP) is 3.65. The number of hydrogen-bond acceptors (Lipinski definition) is 6. The van der Waals surface area contributed by atoms with Crippen LogP contribution in [0.4, 0.5) is 14.6 Å². The smallest absolute Gasteiger partial charge is 0.174 e. The maximum Gasteiger partial charge on any atom is 0.174 e. The van der Waals surface area contributed by atoms with Crippen LogP contribution in [-0.2, 0) is 6.42 Å². The zero-order chi connectivity index (χ0) is 21.1. The second-order valence-corrected chi connectivity index (χ2v) is 7.08. The molecule has 0 spiro atoms. The van der Waals surface area contributed by atoms with Crippen LogP contribution in [0.2, 0.25) is 0 Å². The number of nitrogens with zero attached hydrogens (tertiary/aromatic N) is 5. The van der Waals surface area contributed by atoms with Crippen molar-refractivity contribution in [3.63, 3.8) is 0 Å². The molecule has 1 aliphatic rings. The monoisotopic (exact) mass is 407 g/mol. The Morgan fingerprint density at radius 2 is 1.87 bits per heavy atom. The van der Waals surface area contributed by atoms with Crippen LogP contribution >= 0.6 is 0 Å². The molecule has 8 heteroatoms. The molecule has 2 aromatic heterocycles. The van der Waals surface area contributed by atoms with E-state index in [1.165, 1.54) is 17.8 Å².